The van der Waals surface area contributed by atoms with Crippen LogP contribution in [-0.2, 0) is 12.1 Å². The molecule has 2 aromatic carbocycles. The van der Waals surface area contributed by atoms with Crippen molar-refractivity contribution in [3.63, 3.8) is 0 Å². The Hall–Kier alpha value is -2.84. The third-order valence-corrected chi connectivity index (χ3v) is 5.39. The van der Waals surface area contributed by atoms with Crippen molar-refractivity contribution < 1.29 is 13.9 Å². The third-order valence-electron chi connectivity index (χ3n) is 5.16. The summed E-state index contributed by atoms with van der Waals surface area (Å²) in [5.41, 5.74) is -1.77. The number of aromatic nitrogens is 3. The molecule has 0 fully saturated rings. The van der Waals surface area contributed by atoms with Crippen LogP contribution in [0.4, 0.5) is 8.78 Å². The van der Waals surface area contributed by atoms with Gasteiger partial charge in [0.1, 0.15) is 36.6 Å². The number of fused-ring (bicyclic) bond motifs is 1. The first-order chi connectivity index (χ1) is 13.9. The number of hydrogen-bond donors (Lipinski definition) is 1. The Labute approximate surface area is 170 Å². The zero-order valence-corrected chi connectivity index (χ0v) is 16.3. The second kappa shape index (κ2) is 7.53. The van der Waals surface area contributed by atoms with E-state index in [9.17, 15) is 13.9 Å². The highest BCUT2D eigenvalue weighted by atomic mass is 35.5. The highest BCUT2D eigenvalue weighted by Crippen LogP contribution is 2.33. The van der Waals surface area contributed by atoms with E-state index in [1.807, 2.05) is 12.3 Å². The van der Waals surface area contributed by atoms with E-state index in [1.165, 1.54) is 23.4 Å². The van der Waals surface area contributed by atoms with E-state index in [-0.39, 0.29) is 18.8 Å². The van der Waals surface area contributed by atoms with Gasteiger partial charge in [-0.2, -0.15) is 5.10 Å². The summed E-state index contributed by atoms with van der Waals surface area (Å²) in [5.74, 6) is -1.55. The molecule has 3 aromatic rings. The van der Waals surface area contributed by atoms with Crippen LogP contribution in [0, 0.1) is 11.6 Å². The Balaban J connectivity index is 1.77. The SMILES string of the molecule is C[C@@H](N1C=c2ccc(Cl)cc2=NC1)[C@](O)(Cn1cncn1)c1ccc(F)cc1F. The van der Waals surface area contributed by atoms with Gasteiger partial charge < -0.3 is 10.0 Å². The molecule has 0 saturated carbocycles. The van der Waals surface area contributed by atoms with Crippen LogP contribution in [0.2, 0.25) is 5.02 Å². The summed E-state index contributed by atoms with van der Waals surface area (Å²) in [4.78, 5) is 10.2. The van der Waals surface area contributed by atoms with Gasteiger partial charge in [-0.25, -0.2) is 18.4 Å². The molecule has 1 N–H and O–H groups in total. The van der Waals surface area contributed by atoms with Gasteiger partial charge in [0, 0.05) is 28.1 Å². The van der Waals surface area contributed by atoms with Crippen LogP contribution in [-0.4, -0.2) is 37.5 Å². The average molecular weight is 418 g/mol. The summed E-state index contributed by atoms with van der Waals surface area (Å²) in [6.45, 7) is 1.93. The van der Waals surface area contributed by atoms with Gasteiger partial charge in [-0.3, -0.25) is 4.99 Å². The van der Waals surface area contributed by atoms with Gasteiger partial charge >= 0.3 is 0 Å². The lowest BCUT2D eigenvalue weighted by Crippen LogP contribution is -2.52. The van der Waals surface area contributed by atoms with E-state index in [4.69, 9.17) is 11.6 Å². The molecule has 4 rings (SSSR count). The zero-order chi connectivity index (χ0) is 20.6. The molecule has 0 spiro atoms. The minimum Gasteiger partial charge on any atom is -0.381 e. The predicted molar refractivity (Wildman–Crippen MR) is 103 cm³/mol. The van der Waals surface area contributed by atoms with Gasteiger partial charge in [-0.1, -0.05) is 17.7 Å². The van der Waals surface area contributed by atoms with Crippen LogP contribution in [0.3, 0.4) is 0 Å². The Morgan fingerprint density at radius 1 is 1.24 bits per heavy atom. The molecule has 29 heavy (non-hydrogen) atoms. The monoisotopic (exact) mass is 417 g/mol. The van der Waals surface area contributed by atoms with Crippen molar-refractivity contribution in [1.29, 1.82) is 0 Å². The molecule has 2 atom stereocenters. The average Bonchev–Trinajstić information content (AvgIpc) is 3.19. The summed E-state index contributed by atoms with van der Waals surface area (Å²) in [5, 5.41) is 17.8. The number of aliphatic hydroxyl groups is 1. The van der Waals surface area contributed by atoms with Gasteiger partial charge in [0.15, 0.2) is 0 Å². The van der Waals surface area contributed by atoms with Gasteiger partial charge in [0.2, 0.25) is 0 Å². The number of nitrogens with zero attached hydrogens (tertiary/aromatic N) is 5. The standard InChI is InChI=1S/C20H18ClF2N5O/c1-13(27-8-14-2-3-15(21)6-19(14)25-12-27)20(29,9-28-11-24-10-26-28)17-5-4-16(22)7-18(17)23/h2-8,10-11,13,29H,9,12H2,1H3/t13-,20-/m1/s1. The van der Waals surface area contributed by atoms with E-state index in [2.05, 4.69) is 15.1 Å². The second-order valence-corrected chi connectivity index (χ2v) is 7.40. The minimum atomic E-state index is -1.73. The minimum absolute atomic E-state index is 0.0304. The van der Waals surface area contributed by atoms with Crippen LogP contribution in [0.1, 0.15) is 12.5 Å². The van der Waals surface area contributed by atoms with Crippen LogP contribution in [0.25, 0.3) is 6.20 Å². The van der Waals surface area contributed by atoms with E-state index in [0.29, 0.717) is 5.02 Å². The highest BCUT2D eigenvalue weighted by molar-refractivity contribution is 6.30. The fourth-order valence-corrected chi connectivity index (χ4v) is 3.66. The number of rotatable bonds is 5. The molecule has 0 saturated heterocycles. The van der Waals surface area contributed by atoms with Crippen LogP contribution < -0.4 is 10.6 Å². The van der Waals surface area contributed by atoms with E-state index in [1.54, 1.807) is 24.0 Å². The van der Waals surface area contributed by atoms with Crippen LogP contribution in [0.15, 0.2) is 54.0 Å². The summed E-state index contributed by atoms with van der Waals surface area (Å²) in [6.07, 6.45) is 4.60. The quantitative estimate of drug-likeness (QED) is 0.687. The molecule has 0 unspecified atom stereocenters. The maximum Gasteiger partial charge on any atom is 0.137 e. The van der Waals surface area contributed by atoms with Gasteiger partial charge in [0.05, 0.1) is 17.9 Å². The lowest BCUT2D eigenvalue weighted by molar-refractivity contribution is -0.0471. The van der Waals surface area contributed by atoms with E-state index < -0.39 is 23.3 Å². The predicted octanol–water partition coefficient (Wildman–Crippen LogP) is 1.82. The van der Waals surface area contributed by atoms with Crippen molar-refractivity contribution in [3.05, 3.63) is 81.8 Å². The zero-order valence-electron chi connectivity index (χ0n) is 15.5. The molecule has 6 nitrogen and oxygen atoms in total. The summed E-state index contributed by atoms with van der Waals surface area (Å²) in [7, 11) is 0. The molecule has 2 heterocycles. The number of hydrogen-bond acceptors (Lipinski definition) is 5. The molecule has 0 aliphatic carbocycles. The van der Waals surface area contributed by atoms with Gasteiger partial charge in [-0.05, 0) is 31.2 Å². The molecular formula is C20H18ClF2N5O. The van der Waals surface area contributed by atoms with Gasteiger partial charge in [-0.15, -0.1) is 0 Å². The third kappa shape index (κ3) is 3.73. The van der Waals surface area contributed by atoms with Crippen molar-refractivity contribution in [3.8, 4) is 0 Å². The molecule has 1 aromatic heterocycles. The molecule has 0 radical (unpaired) electrons. The van der Waals surface area contributed by atoms with E-state index >= 15 is 0 Å². The Bertz CT molecular complexity index is 1150. The molecule has 1 aliphatic rings. The maximum absolute atomic E-state index is 14.7. The lowest BCUT2D eigenvalue weighted by Gasteiger charge is -2.41. The molecule has 150 valence electrons. The van der Waals surface area contributed by atoms with Gasteiger partial charge in [0.25, 0.3) is 0 Å². The smallest absolute Gasteiger partial charge is 0.137 e. The van der Waals surface area contributed by atoms with Crippen molar-refractivity contribution in [2.24, 2.45) is 4.99 Å². The van der Waals surface area contributed by atoms with Crippen LogP contribution >= 0.6 is 11.6 Å². The van der Waals surface area contributed by atoms with Crippen molar-refractivity contribution in [2.45, 2.75) is 25.1 Å². The number of benzene rings is 2. The van der Waals surface area contributed by atoms with Crippen molar-refractivity contribution >= 4 is 17.8 Å². The fourth-order valence-electron chi connectivity index (χ4n) is 3.49. The molecular weight excluding hydrogens is 400 g/mol. The summed E-state index contributed by atoms with van der Waals surface area (Å²) < 4.78 is 29.6. The second-order valence-electron chi connectivity index (χ2n) is 6.96. The highest BCUT2D eigenvalue weighted by Gasteiger charge is 2.41. The van der Waals surface area contributed by atoms with Crippen molar-refractivity contribution in [2.75, 3.05) is 6.67 Å². The topological polar surface area (TPSA) is 66.5 Å². The maximum atomic E-state index is 14.7. The largest absolute Gasteiger partial charge is 0.381 e. The first-order valence-corrected chi connectivity index (χ1v) is 9.32. The molecule has 1 aliphatic heterocycles. The van der Waals surface area contributed by atoms with Crippen LogP contribution in [0.5, 0.6) is 0 Å². The molecule has 0 bridgehead atoms. The Kier molecular flexibility index (Phi) is 5.06. The normalized spacial score (nSPS) is 16.4. The molecule has 9 heteroatoms. The van der Waals surface area contributed by atoms with E-state index in [0.717, 1.165) is 22.7 Å². The summed E-state index contributed by atoms with van der Waals surface area (Å²) >= 11 is 6.02. The lowest BCUT2D eigenvalue weighted by atomic mass is 9.85. The molecule has 0 amide bonds. The van der Waals surface area contributed by atoms with Crippen molar-refractivity contribution in [1.82, 2.24) is 19.7 Å². The first-order valence-electron chi connectivity index (χ1n) is 8.95. The summed E-state index contributed by atoms with van der Waals surface area (Å²) in [6, 6.07) is 7.86. The Morgan fingerprint density at radius 3 is 2.79 bits per heavy atom. The first kappa shape index (κ1) is 19.5. The number of halogens is 3. The fraction of sp³-hybridized carbons (Fsp3) is 0.250. The Morgan fingerprint density at radius 2 is 2.07 bits per heavy atom.